The van der Waals surface area contributed by atoms with Gasteiger partial charge < -0.3 is 10.4 Å². The lowest BCUT2D eigenvalue weighted by atomic mass is 9.99. The van der Waals surface area contributed by atoms with Crippen molar-refractivity contribution in [1.82, 2.24) is 19.5 Å². The zero-order valence-electron chi connectivity index (χ0n) is 16.1. The molecular weight excluding hydrogens is 376 g/mol. The minimum Gasteiger partial charge on any atom is -0.373 e. The first-order valence-corrected chi connectivity index (χ1v) is 9.98. The van der Waals surface area contributed by atoms with Crippen LogP contribution in [-0.2, 0) is 6.54 Å². The van der Waals surface area contributed by atoms with Crippen LogP contribution in [0.25, 0.3) is 16.8 Å². The molecule has 1 aliphatic heterocycles. The largest absolute Gasteiger partial charge is 0.373 e. The van der Waals surface area contributed by atoms with E-state index >= 15 is 0 Å². The maximum absolute atomic E-state index is 14.7. The lowest BCUT2D eigenvalue weighted by Gasteiger charge is -2.37. The van der Waals surface area contributed by atoms with Crippen molar-refractivity contribution in [2.45, 2.75) is 32.5 Å². The first-order valence-electron chi connectivity index (χ1n) is 9.98. The fourth-order valence-corrected chi connectivity index (χ4v) is 3.95. The lowest BCUT2D eigenvalue weighted by molar-refractivity contribution is 0.102. The predicted molar refractivity (Wildman–Crippen MR) is 105 cm³/mol. The highest BCUT2D eigenvalue weighted by Crippen LogP contribution is 2.33. The van der Waals surface area contributed by atoms with Gasteiger partial charge in [0.1, 0.15) is 17.9 Å². The van der Waals surface area contributed by atoms with Crippen LogP contribution >= 0.6 is 0 Å². The molecule has 2 aliphatic rings. The standard InChI is InChI=1S/C21H23F2N5O/c1-12-9-27(10-12)11-16-17(22)7-14(8-18(16)23)15-3-2-6-28-19(15)24-21(26-28)25-20(29)13-4-5-13/h2-3,6-8,12-13,20,29H,4-5,9-11H2,1H3,(H,25,26). The van der Waals surface area contributed by atoms with Crippen LogP contribution in [0.3, 0.4) is 0 Å². The molecule has 152 valence electrons. The average molecular weight is 399 g/mol. The van der Waals surface area contributed by atoms with E-state index in [-0.39, 0.29) is 18.0 Å². The van der Waals surface area contributed by atoms with Crippen LogP contribution in [-0.4, -0.2) is 43.9 Å². The smallest absolute Gasteiger partial charge is 0.245 e. The summed E-state index contributed by atoms with van der Waals surface area (Å²) in [6.45, 7) is 4.13. The van der Waals surface area contributed by atoms with Crippen molar-refractivity contribution >= 4 is 11.6 Å². The molecule has 0 bridgehead atoms. The summed E-state index contributed by atoms with van der Waals surface area (Å²) in [5.74, 6) is -0.00754. The Balaban J connectivity index is 1.45. The number of aliphatic hydroxyl groups is 1. The molecule has 1 saturated carbocycles. The van der Waals surface area contributed by atoms with Crippen molar-refractivity contribution in [3.63, 3.8) is 0 Å². The number of anilines is 1. The third-order valence-electron chi connectivity index (χ3n) is 5.68. The van der Waals surface area contributed by atoms with Gasteiger partial charge in [0.15, 0.2) is 5.65 Å². The van der Waals surface area contributed by atoms with Crippen LogP contribution in [0.2, 0.25) is 0 Å². The number of aliphatic hydroxyl groups excluding tert-OH is 1. The summed E-state index contributed by atoms with van der Waals surface area (Å²) in [5.41, 5.74) is 1.56. The molecule has 0 amide bonds. The topological polar surface area (TPSA) is 65.7 Å². The Morgan fingerprint density at radius 1 is 1.24 bits per heavy atom. The van der Waals surface area contributed by atoms with Crippen LogP contribution in [0.15, 0.2) is 30.5 Å². The predicted octanol–water partition coefficient (Wildman–Crippen LogP) is 3.27. The molecule has 29 heavy (non-hydrogen) atoms. The summed E-state index contributed by atoms with van der Waals surface area (Å²) in [6.07, 6.45) is 2.99. The van der Waals surface area contributed by atoms with Gasteiger partial charge in [0.05, 0.1) is 0 Å². The first kappa shape index (κ1) is 18.4. The maximum atomic E-state index is 14.7. The minimum absolute atomic E-state index is 0.101. The van der Waals surface area contributed by atoms with E-state index in [1.807, 2.05) is 4.90 Å². The highest BCUT2D eigenvalue weighted by Gasteiger charge is 2.30. The summed E-state index contributed by atoms with van der Waals surface area (Å²) in [4.78, 5) is 6.46. The summed E-state index contributed by atoms with van der Waals surface area (Å²) in [7, 11) is 0. The van der Waals surface area contributed by atoms with E-state index in [1.54, 1.807) is 22.8 Å². The molecule has 1 aromatic carbocycles. The number of hydrogen-bond acceptors (Lipinski definition) is 5. The fourth-order valence-electron chi connectivity index (χ4n) is 3.95. The Kier molecular flexibility index (Phi) is 4.48. The zero-order chi connectivity index (χ0) is 20.1. The molecule has 3 heterocycles. The molecule has 8 heteroatoms. The molecule has 2 N–H and O–H groups in total. The normalized spacial score (nSPS) is 18.8. The van der Waals surface area contributed by atoms with E-state index in [0.717, 1.165) is 25.9 Å². The molecular formula is C21H23F2N5O. The number of aromatic nitrogens is 3. The number of rotatable bonds is 6. The third-order valence-corrected chi connectivity index (χ3v) is 5.68. The molecule has 0 spiro atoms. The van der Waals surface area contributed by atoms with Gasteiger partial charge in [0.25, 0.3) is 0 Å². The summed E-state index contributed by atoms with van der Waals surface area (Å²) >= 11 is 0. The van der Waals surface area contributed by atoms with E-state index in [4.69, 9.17) is 0 Å². The number of nitrogens with zero attached hydrogens (tertiary/aromatic N) is 4. The number of likely N-dealkylation sites (tertiary alicyclic amines) is 1. The first-order chi connectivity index (χ1) is 14.0. The Morgan fingerprint density at radius 2 is 1.97 bits per heavy atom. The van der Waals surface area contributed by atoms with E-state index in [9.17, 15) is 13.9 Å². The molecule has 0 radical (unpaired) electrons. The SMILES string of the molecule is CC1CN(Cc2c(F)cc(-c3cccn4nc(NC(O)C5CC5)nc34)cc2F)C1. The van der Waals surface area contributed by atoms with Gasteiger partial charge in [-0.1, -0.05) is 6.92 Å². The van der Waals surface area contributed by atoms with Gasteiger partial charge in [-0.25, -0.2) is 13.3 Å². The molecule has 3 aromatic rings. The zero-order valence-corrected chi connectivity index (χ0v) is 16.1. The van der Waals surface area contributed by atoms with E-state index in [0.29, 0.717) is 28.6 Å². The van der Waals surface area contributed by atoms with Crippen LogP contribution < -0.4 is 5.32 Å². The number of fused-ring (bicyclic) bond motifs is 1. The summed E-state index contributed by atoms with van der Waals surface area (Å²) in [6, 6.07) is 6.23. The van der Waals surface area contributed by atoms with Crippen LogP contribution in [0.4, 0.5) is 14.7 Å². The maximum Gasteiger partial charge on any atom is 0.245 e. The Hall–Kier alpha value is -2.58. The molecule has 2 aromatic heterocycles. The molecule has 5 rings (SSSR count). The number of hydrogen-bond donors (Lipinski definition) is 2. The van der Waals surface area contributed by atoms with E-state index in [1.165, 1.54) is 12.1 Å². The number of benzene rings is 1. The van der Waals surface area contributed by atoms with Crippen molar-refractivity contribution < 1.29 is 13.9 Å². The summed E-state index contributed by atoms with van der Waals surface area (Å²) in [5, 5.41) is 17.3. The monoisotopic (exact) mass is 399 g/mol. The number of halogens is 2. The second kappa shape index (κ2) is 7.03. The van der Waals surface area contributed by atoms with E-state index < -0.39 is 17.9 Å². The highest BCUT2D eigenvalue weighted by atomic mass is 19.1. The van der Waals surface area contributed by atoms with Crippen LogP contribution in [0.5, 0.6) is 0 Å². The molecule has 1 unspecified atom stereocenters. The quantitative estimate of drug-likeness (QED) is 0.623. The third kappa shape index (κ3) is 3.58. The molecule has 1 atom stereocenters. The Bertz CT molecular complexity index is 1040. The second-order valence-electron chi connectivity index (χ2n) is 8.27. The van der Waals surface area contributed by atoms with Crippen molar-refractivity contribution in [2.75, 3.05) is 18.4 Å². The van der Waals surface area contributed by atoms with Gasteiger partial charge in [-0.05, 0) is 48.6 Å². The van der Waals surface area contributed by atoms with Crippen molar-refractivity contribution in [3.05, 3.63) is 47.7 Å². The Morgan fingerprint density at radius 3 is 2.62 bits per heavy atom. The average Bonchev–Trinajstić information content (AvgIpc) is 3.42. The molecule has 1 saturated heterocycles. The van der Waals surface area contributed by atoms with Crippen LogP contribution in [0, 0.1) is 23.5 Å². The van der Waals surface area contributed by atoms with Gasteiger partial charge in [-0.3, -0.25) is 4.90 Å². The molecule has 6 nitrogen and oxygen atoms in total. The van der Waals surface area contributed by atoms with Gasteiger partial charge in [0, 0.05) is 42.9 Å². The van der Waals surface area contributed by atoms with Gasteiger partial charge >= 0.3 is 0 Å². The van der Waals surface area contributed by atoms with Gasteiger partial charge in [-0.2, -0.15) is 4.98 Å². The molecule has 1 aliphatic carbocycles. The highest BCUT2D eigenvalue weighted by molar-refractivity contribution is 5.78. The van der Waals surface area contributed by atoms with E-state index in [2.05, 4.69) is 22.3 Å². The summed E-state index contributed by atoms with van der Waals surface area (Å²) < 4.78 is 31.0. The van der Waals surface area contributed by atoms with Gasteiger partial charge in [0.2, 0.25) is 5.95 Å². The number of nitrogens with one attached hydrogen (secondary N) is 1. The number of pyridine rings is 1. The minimum atomic E-state index is -0.686. The Labute approximate surface area is 167 Å². The van der Waals surface area contributed by atoms with Crippen molar-refractivity contribution in [2.24, 2.45) is 11.8 Å². The van der Waals surface area contributed by atoms with Crippen molar-refractivity contribution in [1.29, 1.82) is 0 Å². The second-order valence-corrected chi connectivity index (χ2v) is 8.27. The van der Waals surface area contributed by atoms with Crippen molar-refractivity contribution in [3.8, 4) is 11.1 Å². The van der Waals surface area contributed by atoms with Crippen LogP contribution in [0.1, 0.15) is 25.3 Å². The fraction of sp³-hybridized carbons (Fsp3) is 0.429. The van der Waals surface area contributed by atoms with Gasteiger partial charge in [-0.15, -0.1) is 5.10 Å². The molecule has 2 fully saturated rings. The lowest BCUT2D eigenvalue weighted by Crippen LogP contribution is -2.44.